The molecule has 1 saturated heterocycles. The van der Waals surface area contributed by atoms with Crippen LogP contribution in [0.3, 0.4) is 0 Å². The third-order valence-corrected chi connectivity index (χ3v) is 3.44. The van der Waals surface area contributed by atoms with Crippen LogP contribution in [0.4, 0.5) is 0 Å². The van der Waals surface area contributed by atoms with E-state index in [9.17, 15) is 0 Å². The topological polar surface area (TPSA) is 39.9 Å². The molecule has 0 aromatic carbocycles. The van der Waals surface area contributed by atoms with Crippen LogP contribution in [-0.4, -0.2) is 21.1 Å². The number of imidazole rings is 1. The van der Waals surface area contributed by atoms with Gasteiger partial charge in [0.2, 0.25) is 0 Å². The van der Waals surface area contributed by atoms with E-state index < -0.39 is 0 Å². The fourth-order valence-corrected chi connectivity index (χ4v) is 2.61. The SMILES string of the molecule is CCCc1nc2cccnc2n1C1CCCCO1. The first-order chi connectivity index (χ1) is 8.90. The van der Waals surface area contributed by atoms with E-state index in [0.29, 0.717) is 0 Å². The molecule has 1 aliphatic heterocycles. The Hall–Kier alpha value is -1.42. The van der Waals surface area contributed by atoms with Gasteiger partial charge >= 0.3 is 0 Å². The van der Waals surface area contributed by atoms with E-state index in [1.807, 2.05) is 18.3 Å². The number of ether oxygens (including phenoxy) is 1. The summed E-state index contributed by atoms with van der Waals surface area (Å²) in [6.45, 7) is 3.03. The first-order valence-electron chi connectivity index (χ1n) is 6.83. The van der Waals surface area contributed by atoms with Crippen LogP contribution >= 0.6 is 0 Å². The molecule has 0 spiro atoms. The van der Waals surface area contributed by atoms with Crippen molar-refractivity contribution in [1.29, 1.82) is 0 Å². The van der Waals surface area contributed by atoms with E-state index in [1.165, 1.54) is 12.8 Å². The van der Waals surface area contributed by atoms with Gasteiger partial charge in [0, 0.05) is 19.2 Å². The van der Waals surface area contributed by atoms with Gasteiger partial charge in [0.15, 0.2) is 5.65 Å². The summed E-state index contributed by atoms with van der Waals surface area (Å²) in [4.78, 5) is 9.18. The second kappa shape index (κ2) is 5.06. The van der Waals surface area contributed by atoms with Gasteiger partial charge in [-0.15, -0.1) is 0 Å². The Kier molecular flexibility index (Phi) is 3.28. The molecule has 2 aromatic heterocycles. The number of rotatable bonds is 3. The smallest absolute Gasteiger partial charge is 0.162 e. The summed E-state index contributed by atoms with van der Waals surface area (Å²) in [5, 5.41) is 0. The number of aryl methyl sites for hydroxylation is 1. The molecule has 1 unspecified atom stereocenters. The van der Waals surface area contributed by atoms with Gasteiger partial charge in [0.05, 0.1) is 0 Å². The summed E-state index contributed by atoms with van der Waals surface area (Å²) >= 11 is 0. The molecule has 2 aromatic rings. The third-order valence-electron chi connectivity index (χ3n) is 3.44. The normalized spacial score (nSPS) is 20.4. The minimum Gasteiger partial charge on any atom is -0.358 e. The van der Waals surface area contributed by atoms with E-state index in [4.69, 9.17) is 9.72 Å². The van der Waals surface area contributed by atoms with E-state index in [1.54, 1.807) is 0 Å². The Morgan fingerprint density at radius 1 is 1.44 bits per heavy atom. The van der Waals surface area contributed by atoms with Crippen molar-refractivity contribution in [2.45, 2.75) is 45.3 Å². The van der Waals surface area contributed by atoms with Crippen LogP contribution in [0.2, 0.25) is 0 Å². The molecule has 0 amide bonds. The van der Waals surface area contributed by atoms with Crippen LogP contribution in [-0.2, 0) is 11.2 Å². The van der Waals surface area contributed by atoms with Gasteiger partial charge < -0.3 is 4.74 Å². The maximum atomic E-state index is 5.90. The zero-order valence-corrected chi connectivity index (χ0v) is 10.8. The molecule has 4 nitrogen and oxygen atoms in total. The van der Waals surface area contributed by atoms with E-state index in [0.717, 1.165) is 42.9 Å². The van der Waals surface area contributed by atoms with Gasteiger partial charge in [0.25, 0.3) is 0 Å². The standard InChI is InChI=1S/C14H19N3O/c1-2-6-12-16-11-7-5-9-15-14(11)17(12)13-8-3-4-10-18-13/h5,7,9,13H,2-4,6,8,10H2,1H3. The minimum atomic E-state index is 0.125. The fraction of sp³-hybridized carbons (Fsp3) is 0.571. The van der Waals surface area contributed by atoms with Gasteiger partial charge in [-0.1, -0.05) is 6.92 Å². The van der Waals surface area contributed by atoms with Gasteiger partial charge in [-0.05, 0) is 37.8 Å². The number of hydrogen-bond acceptors (Lipinski definition) is 3. The molecule has 1 aliphatic rings. The Balaban J connectivity index is 2.07. The Morgan fingerprint density at radius 2 is 2.39 bits per heavy atom. The van der Waals surface area contributed by atoms with Crippen molar-refractivity contribution < 1.29 is 4.74 Å². The van der Waals surface area contributed by atoms with Crippen molar-refractivity contribution in [3.63, 3.8) is 0 Å². The number of nitrogens with zero attached hydrogens (tertiary/aromatic N) is 3. The van der Waals surface area contributed by atoms with Crippen LogP contribution in [0.1, 0.15) is 44.7 Å². The maximum Gasteiger partial charge on any atom is 0.162 e. The summed E-state index contributed by atoms with van der Waals surface area (Å²) in [5.74, 6) is 1.11. The summed E-state index contributed by atoms with van der Waals surface area (Å²) in [6, 6.07) is 3.97. The minimum absolute atomic E-state index is 0.125. The zero-order valence-electron chi connectivity index (χ0n) is 10.8. The second-order valence-electron chi connectivity index (χ2n) is 4.82. The van der Waals surface area contributed by atoms with Crippen molar-refractivity contribution in [2.24, 2.45) is 0 Å². The number of pyridine rings is 1. The molecule has 0 N–H and O–H groups in total. The van der Waals surface area contributed by atoms with Crippen molar-refractivity contribution >= 4 is 11.2 Å². The zero-order chi connectivity index (χ0) is 12.4. The number of aromatic nitrogens is 3. The van der Waals surface area contributed by atoms with Crippen molar-refractivity contribution in [3.05, 3.63) is 24.2 Å². The van der Waals surface area contributed by atoms with Gasteiger partial charge in [0.1, 0.15) is 17.6 Å². The van der Waals surface area contributed by atoms with Gasteiger partial charge in [-0.2, -0.15) is 0 Å². The van der Waals surface area contributed by atoms with Crippen LogP contribution in [0, 0.1) is 0 Å². The van der Waals surface area contributed by atoms with Crippen molar-refractivity contribution in [3.8, 4) is 0 Å². The highest BCUT2D eigenvalue weighted by Gasteiger charge is 2.22. The van der Waals surface area contributed by atoms with Crippen LogP contribution in [0.5, 0.6) is 0 Å². The highest BCUT2D eigenvalue weighted by molar-refractivity contribution is 5.71. The van der Waals surface area contributed by atoms with E-state index in [2.05, 4.69) is 16.5 Å². The van der Waals surface area contributed by atoms with Crippen LogP contribution < -0.4 is 0 Å². The van der Waals surface area contributed by atoms with Crippen LogP contribution in [0.15, 0.2) is 18.3 Å². The van der Waals surface area contributed by atoms with E-state index in [-0.39, 0.29) is 6.23 Å². The first-order valence-corrected chi connectivity index (χ1v) is 6.83. The first kappa shape index (κ1) is 11.7. The quantitative estimate of drug-likeness (QED) is 0.834. The lowest BCUT2D eigenvalue weighted by atomic mass is 10.2. The molecule has 0 bridgehead atoms. The predicted molar refractivity (Wildman–Crippen MR) is 70.4 cm³/mol. The highest BCUT2D eigenvalue weighted by Crippen LogP contribution is 2.28. The van der Waals surface area contributed by atoms with Gasteiger partial charge in [-0.25, -0.2) is 9.97 Å². The average molecular weight is 245 g/mol. The largest absolute Gasteiger partial charge is 0.358 e. The molecular weight excluding hydrogens is 226 g/mol. The maximum absolute atomic E-state index is 5.90. The van der Waals surface area contributed by atoms with Crippen molar-refractivity contribution in [1.82, 2.24) is 14.5 Å². The third kappa shape index (κ3) is 2.01. The molecule has 18 heavy (non-hydrogen) atoms. The fourth-order valence-electron chi connectivity index (χ4n) is 2.61. The average Bonchev–Trinajstić information content (AvgIpc) is 2.78. The number of hydrogen-bond donors (Lipinski definition) is 0. The lowest BCUT2D eigenvalue weighted by Gasteiger charge is -2.25. The molecule has 0 radical (unpaired) electrons. The molecule has 0 aliphatic carbocycles. The van der Waals surface area contributed by atoms with Gasteiger partial charge in [-0.3, -0.25) is 4.57 Å². The monoisotopic (exact) mass is 245 g/mol. The summed E-state index contributed by atoms with van der Waals surface area (Å²) in [7, 11) is 0. The molecular formula is C14H19N3O. The number of fused-ring (bicyclic) bond motifs is 1. The summed E-state index contributed by atoms with van der Waals surface area (Å²) in [6.07, 6.45) is 7.49. The highest BCUT2D eigenvalue weighted by atomic mass is 16.5. The predicted octanol–water partition coefficient (Wildman–Crippen LogP) is 3.08. The van der Waals surface area contributed by atoms with Crippen molar-refractivity contribution in [2.75, 3.05) is 6.61 Å². The Morgan fingerprint density at radius 3 is 3.17 bits per heavy atom. The lowest BCUT2D eigenvalue weighted by Crippen LogP contribution is -2.20. The van der Waals surface area contributed by atoms with Crippen LogP contribution in [0.25, 0.3) is 11.2 Å². The molecule has 0 saturated carbocycles. The lowest BCUT2D eigenvalue weighted by molar-refractivity contribution is -0.0313. The molecule has 4 heteroatoms. The Bertz CT molecular complexity index is 529. The second-order valence-corrected chi connectivity index (χ2v) is 4.82. The van der Waals surface area contributed by atoms with E-state index >= 15 is 0 Å². The molecule has 3 rings (SSSR count). The summed E-state index contributed by atoms with van der Waals surface area (Å²) in [5.41, 5.74) is 1.95. The molecule has 1 atom stereocenters. The molecule has 96 valence electrons. The molecule has 1 fully saturated rings. The molecule has 3 heterocycles. The Labute approximate surface area is 107 Å². The summed E-state index contributed by atoms with van der Waals surface area (Å²) < 4.78 is 8.11.